The lowest BCUT2D eigenvalue weighted by atomic mass is 10.2. The molecular formula is C11H18N4O4S. The molecule has 0 spiro atoms. The third-order valence-electron chi connectivity index (χ3n) is 3.10. The Hall–Kier alpha value is -1.45. The smallest absolute Gasteiger partial charge is 0.247 e. The Balaban J connectivity index is 2.32. The Labute approximate surface area is 117 Å². The van der Waals surface area contributed by atoms with E-state index in [4.69, 9.17) is 4.74 Å². The van der Waals surface area contributed by atoms with Crippen molar-refractivity contribution < 1.29 is 17.9 Å². The average Bonchev–Trinajstić information content (AvgIpc) is 2.86. The van der Waals surface area contributed by atoms with Crippen LogP contribution in [-0.2, 0) is 19.6 Å². The third-order valence-corrected chi connectivity index (χ3v) is 5.13. The zero-order chi connectivity index (χ0) is 14.8. The molecule has 2 rings (SSSR count). The second-order valence-electron chi connectivity index (χ2n) is 4.46. The van der Waals surface area contributed by atoms with E-state index in [2.05, 4.69) is 15.5 Å². The van der Waals surface area contributed by atoms with Crippen LogP contribution in [0, 0.1) is 6.92 Å². The van der Waals surface area contributed by atoms with Crippen molar-refractivity contribution in [1.82, 2.24) is 19.8 Å². The first-order valence-corrected chi connectivity index (χ1v) is 7.79. The molecule has 1 amide bonds. The molecule has 1 aromatic rings. The number of hydrogen-bond donors (Lipinski definition) is 2. The molecule has 0 aromatic carbocycles. The van der Waals surface area contributed by atoms with Gasteiger partial charge in [-0.05, 0) is 13.8 Å². The minimum absolute atomic E-state index is 0.0575. The molecule has 112 valence electrons. The lowest BCUT2D eigenvalue weighted by Crippen LogP contribution is -2.55. The van der Waals surface area contributed by atoms with Gasteiger partial charge in [0.05, 0.1) is 25.1 Å². The number of carbonyl (C=O) groups is 1. The molecule has 0 saturated carbocycles. The fourth-order valence-corrected chi connectivity index (χ4v) is 3.78. The predicted octanol–water partition coefficient (Wildman–Crippen LogP) is -0.756. The molecular weight excluding hydrogens is 284 g/mol. The number of morpholine rings is 1. The van der Waals surface area contributed by atoms with Crippen LogP contribution in [0.25, 0.3) is 0 Å². The van der Waals surface area contributed by atoms with E-state index in [0.717, 1.165) is 0 Å². The number of rotatable bonds is 4. The second kappa shape index (κ2) is 5.90. The van der Waals surface area contributed by atoms with E-state index in [1.165, 1.54) is 10.5 Å². The molecule has 1 aliphatic rings. The molecule has 1 fully saturated rings. The summed E-state index contributed by atoms with van der Waals surface area (Å²) in [6, 6.07) is -0.844. The van der Waals surface area contributed by atoms with Crippen molar-refractivity contribution in [3.8, 4) is 0 Å². The first kappa shape index (κ1) is 14.9. The van der Waals surface area contributed by atoms with Crippen LogP contribution in [0.5, 0.6) is 0 Å². The molecule has 1 unspecified atom stereocenters. The van der Waals surface area contributed by atoms with Crippen LogP contribution in [0.1, 0.15) is 12.6 Å². The van der Waals surface area contributed by atoms with Crippen LogP contribution in [0.2, 0.25) is 0 Å². The van der Waals surface area contributed by atoms with Gasteiger partial charge in [0.2, 0.25) is 15.9 Å². The molecule has 20 heavy (non-hydrogen) atoms. The normalized spacial score (nSPS) is 20.8. The van der Waals surface area contributed by atoms with Gasteiger partial charge in [0.25, 0.3) is 0 Å². The van der Waals surface area contributed by atoms with E-state index in [0.29, 0.717) is 12.2 Å². The highest BCUT2D eigenvalue weighted by Crippen LogP contribution is 2.22. The van der Waals surface area contributed by atoms with Gasteiger partial charge in [-0.2, -0.15) is 9.40 Å². The van der Waals surface area contributed by atoms with Crippen LogP contribution in [0.15, 0.2) is 11.1 Å². The largest absolute Gasteiger partial charge is 0.378 e. The monoisotopic (exact) mass is 302 g/mol. The van der Waals surface area contributed by atoms with Gasteiger partial charge in [0.15, 0.2) is 0 Å². The average molecular weight is 302 g/mol. The summed E-state index contributed by atoms with van der Waals surface area (Å²) >= 11 is 0. The number of aromatic nitrogens is 2. The molecule has 0 aliphatic carbocycles. The van der Waals surface area contributed by atoms with Gasteiger partial charge in [0, 0.05) is 13.1 Å². The number of sulfonamides is 1. The summed E-state index contributed by atoms with van der Waals surface area (Å²) < 4.78 is 31.6. The van der Waals surface area contributed by atoms with E-state index in [1.54, 1.807) is 13.8 Å². The summed E-state index contributed by atoms with van der Waals surface area (Å²) in [6.07, 6.45) is 1.26. The van der Waals surface area contributed by atoms with E-state index in [1.807, 2.05) is 0 Å². The fraction of sp³-hybridized carbons (Fsp3) is 0.636. The van der Waals surface area contributed by atoms with Crippen molar-refractivity contribution in [2.24, 2.45) is 0 Å². The van der Waals surface area contributed by atoms with Crippen LogP contribution in [0.3, 0.4) is 0 Å². The highest BCUT2D eigenvalue weighted by Gasteiger charge is 2.39. The number of nitrogens with zero attached hydrogens (tertiary/aromatic N) is 2. The number of aryl methyl sites for hydroxylation is 1. The first-order valence-electron chi connectivity index (χ1n) is 6.35. The molecule has 1 saturated heterocycles. The molecule has 1 aliphatic heterocycles. The number of H-pyrrole nitrogens is 1. The molecule has 2 N–H and O–H groups in total. The van der Waals surface area contributed by atoms with Crippen LogP contribution >= 0.6 is 0 Å². The minimum Gasteiger partial charge on any atom is -0.378 e. The first-order chi connectivity index (χ1) is 9.48. The number of ether oxygens (including phenoxy) is 1. The van der Waals surface area contributed by atoms with Gasteiger partial charge >= 0.3 is 0 Å². The Morgan fingerprint density at radius 1 is 1.65 bits per heavy atom. The highest BCUT2D eigenvalue weighted by molar-refractivity contribution is 7.89. The summed E-state index contributed by atoms with van der Waals surface area (Å²) in [5.74, 6) is -0.350. The fourth-order valence-electron chi connectivity index (χ4n) is 2.10. The Morgan fingerprint density at radius 3 is 3.00 bits per heavy atom. The summed E-state index contributed by atoms with van der Waals surface area (Å²) in [5, 5.41) is 8.95. The number of aromatic amines is 1. The number of carbonyl (C=O) groups excluding carboxylic acids is 1. The third kappa shape index (κ3) is 2.69. The van der Waals surface area contributed by atoms with E-state index in [-0.39, 0.29) is 30.6 Å². The SMILES string of the molecule is CCNC(=O)C1COCCN1S(=O)(=O)c1cn[nH]c1C. The summed E-state index contributed by atoms with van der Waals surface area (Å²) in [4.78, 5) is 12.1. The maximum absolute atomic E-state index is 12.6. The van der Waals surface area contributed by atoms with Gasteiger partial charge in [-0.1, -0.05) is 0 Å². The highest BCUT2D eigenvalue weighted by atomic mass is 32.2. The molecule has 1 aromatic heterocycles. The maximum atomic E-state index is 12.6. The van der Waals surface area contributed by atoms with E-state index >= 15 is 0 Å². The minimum atomic E-state index is -3.76. The zero-order valence-electron chi connectivity index (χ0n) is 11.4. The summed E-state index contributed by atoms with van der Waals surface area (Å²) in [6.45, 7) is 4.32. The zero-order valence-corrected chi connectivity index (χ0v) is 12.2. The Morgan fingerprint density at radius 2 is 2.40 bits per heavy atom. The van der Waals surface area contributed by atoms with Crippen molar-refractivity contribution in [1.29, 1.82) is 0 Å². The topological polar surface area (TPSA) is 104 Å². The number of nitrogens with one attached hydrogen (secondary N) is 2. The van der Waals surface area contributed by atoms with Crippen molar-refractivity contribution in [2.45, 2.75) is 24.8 Å². The van der Waals surface area contributed by atoms with Gasteiger partial charge in [-0.25, -0.2) is 8.42 Å². The van der Waals surface area contributed by atoms with Crippen LogP contribution in [-0.4, -0.2) is 61.2 Å². The van der Waals surface area contributed by atoms with Crippen LogP contribution < -0.4 is 5.32 Å². The Bertz CT molecular complexity index is 583. The van der Waals surface area contributed by atoms with Crippen molar-refractivity contribution >= 4 is 15.9 Å². The number of amides is 1. The number of likely N-dealkylation sites (N-methyl/N-ethyl adjacent to an activating group) is 1. The molecule has 0 bridgehead atoms. The lowest BCUT2D eigenvalue weighted by molar-refractivity contribution is -0.129. The van der Waals surface area contributed by atoms with E-state index < -0.39 is 16.1 Å². The predicted molar refractivity (Wildman–Crippen MR) is 70.5 cm³/mol. The molecule has 1 atom stereocenters. The quantitative estimate of drug-likeness (QED) is 0.761. The van der Waals surface area contributed by atoms with Crippen molar-refractivity contribution in [2.75, 3.05) is 26.3 Å². The van der Waals surface area contributed by atoms with Gasteiger partial charge < -0.3 is 10.1 Å². The van der Waals surface area contributed by atoms with Gasteiger partial charge in [-0.3, -0.25) is 9.89 Å². The number of hydrogen-bond acceptors (Lipinski definition) is 5. The lowest BCUT2D eigenvalue weighted by Gasteiger charge is -2.33. The van der Waals surface area contributed by atoms with Crippen LogP contribution in [0.4, 0.5) is 0 Å². The summed E-state index contributed by atoms with van der Waals surface area (Å²) in [5.41, 5.74) is 0.450. The Kier molecular flexibility index (Phi) is 4.41. The molecule has 0 radical (unpaired) electrons. The van der Waals surface area contributed by atoms with Gasteiger partial charge in [0.1, 0.15) is 10.9 Å². The van der Waals surface area contributed by atoms with Crippen molar-refractivity contribution in [3.05, 3.63) is 11.9 Å². The molecule has 9 heteroatoms. The second-order valence-corrected chi connectivity index (χ2v) is 6.32. The standard InChI is InChI=1S/C11H18N4O4S/c1-3-12-11(16)9-7-19-5-4-15(9)20(17,18)10-6-13-14-8(10)2/h6,9H,3-5,7H2,1-2H3,(H,12,16)(H,13,14). The molecule has 8 nitrogen and oxygen atoms in total. The maximum Gasteiger partial charge on any atom is 0.247 e. The van der Waals surface area contributed by atoms with Crippen molar-refractivity contribution in [3.63, 3.8) is 0 Å². The summed E-state index contributed by atoms with van der Waals surface area (Å²) in [7, 11) is -3.76. The van der Waals surface area contributed by atoms with E-state index in [9.17, 15) is 13.2 Å². The molecule has 2 heterocycles. The van der Waals surface area contributed by atoms with Gasteiger partial charge in [-0.15, -0.1) is 0 Å².